The molecule has 1 atom stereocenters. The first-order chi connectivity index (χ1) is 7.53. The topological polar surface area (TPSA) is 64.3 Å². The molecule has 0 saturated carbocycles. The van der Waals surface area contributed by atoms with E-state index in [4.69, 9.17) is 10.4 Å². The van der Waals surface area contributed by atoms with E-state index in [2.05, 4.69) is 0 Å². The first-order valence-electron chi connectivity index (χ1n) is 5.86. The molecule has 4 heteroatoms. The van der Waals surface area contributed by atoms with Crippen molar-refractivity contribution in [3.05, 3.63) is 0 Å². The van der Waals surface area contributed by atoms with Crippen LogP contribution in [0, 0.1) is 16.7 Å². The maximum Gasteiger partial charge on any atom is 0.242 e. The number of piperidine rings is 1. The normalized spacial score (nSPS) is 21.6. The Morgan fingerprint density at radius 2 is 2.25 bits per heavy atom. The molecule has 0 aliphatic carbocycles. The maximum atomic E-state index is 12.2. The molecule has 0 radical (unpaired) electrons. The van der Waals surface area contributed by atoms with Crippen LogP contribution in [0.15, 0.2) is 0 Å². The van der Waals surface area contributed by atoms with Crippen molar-refractivity contribution >= 4 is 5.91 Å². The maximum absolute atomic E-state index is 12.2. The van der Waals surface area contributed by atoms with Gasteiger partial charge in [0, 0.05) is 19.2 Å². The molecule has 16 heavy (non-hydrogen) atoms. The van der Waals surface area contributed by atoms with Gasteiger partial charge in [0.2, 0.25) is 5.91 Å². The minimum absolute atomic E-state index is 0.0986. The molecule has 4 nitrogen and oxygen atoms in total. The molecule has 0 aromatic rings. The molecule has 1 aliphatic heterocycles. The zero-order chi connectivity index (χ0) is 12.2. The summed E-state index contributed by atoms with van der Waals surface area (Å²) in [5.74, 6) is -0.104. The second kappa shape index (κ2) is 5.31. The number of hydrogen-bond donors (Lipinski definition) is 1. The van der Waals surface area contributed by atoms with Gasteiger partial charge in [0.15, 0.2) is 0 Å². The summed E-state index contributed by atoms with van der Waals surface area (Å²) in [5.41, 5.74) is -0.953. The lowest BCUT2D eigenvalue weighted by atomic mass is 9.90. The van der Waals surface area contributed by atoms with Gasteiger partial charge in [-0.3, -0.25) is 4.79 Å². The van der Waals surface area contributed by atoms with Gasteiger partial charge in [-0.2, -0.15) is 5.26 Å². The Labute approximate surface area is 96.9 Å². The zero-order valence-electron chi connectivity index (χ0n) is 10.1. The van der Waals surface area contributed by atoms with Gasteiger partial charge < -0.3 is 10.0 Å². The van der Waals surface area contributed by atoms with Gasteiger partial charge in [-0.15, -0.1) is 0 Å². The van der Waals surface area contributed by atoms with Gasteiger partial charge >= 0.3 is 0 Å². The Hall–Kier alpha value is -1.08. The fourth-order valence-corrected chi connectivity index (χ4v) is 2.12. The molecule has 1 rings (SSSR count). The molecule has 1 aliphatic rings. The van der Waals surface area contributed by atoms with E-state index in [1.165, 1.54) is 0 Å². The second-order valence-electron chi connectivity index (χ2n) is 4.90. The number of aliphatic hydroxyl groups is 1. The van der Waals surface area contributed by atoms with Crippen LogP contribution in [0.3, 0.4) is 0 Å². The van der Waals surface area contributed by atoms with E-state index in [0.717, 1.165) is 19.3 Å². The van der Waals surface area contributed by atoms with Crippen molar-refractivity contribution < 1.29 is 9.90 Å². The predicted octanol–water partition coefficient (Wildman–Crippen LogP) is 1.30. The molecule has 0 bridgehead atoms. The number of carbonyl (C=O) groups excluding carboxylic acids is 1. The van der Waals surface area contributed by atoms with Crippen molar-refractivity contribution in [2.75, 3.05) is 13.2 Å². The van der Waals surface area contributed by atoms with Crippen molar-refractivity contribution in [2.24, 2.45) is 5.41 Å². The van der Waals surface area contributed by atoms with E-state index in [9.17, 15) is 4.79 Å². The van der Waals surface area contributed by atoms with Crippen molar-refractivity contribution in [3.63, 3.8) is 0 Å². The summed E-state index contributed by atoms with van der Waals surface area (Å²) in [6.45, 7) is 4.12. The molecule has 1 fully saturated rings. The lowest BCUT2D eigenvalue weighted by Gasteiger charge is -2.38. The number of amides is 1. The van der Waals surface area contributed by atoms with Crippen molar-refractivity contribution in [1.82, 2.24) is 4.90 Å². The Bertz CT molecular complexity index is 292. The van der Waals surface area contributed by atoms with Crippen LogP contribution in [0.25, 0.3) is 0 Å². The molecular formula is C12H20N2O2. The average molecular weight is 224 g/mol. The van der Waals surface area contributed by atoms with Gasteiger partial charge in [-0.05, 0) is 39.5 Å². The third-order valence-electron chi connectivity index (χ3n) is 3.16. The SMILES string of the molecule is CC(C)(C#N)C(=O)N1CCCCC1CCO. The molecule has 0 aromatic carbocycles. The number of likely N-dealkylation sites (tertiary alicyclic amines) is 1. The second-order valence-corrected chi connectivity index (χ2v) is 4.90. The molecule has 1 saturated heterocycles. The minimum atomic E-state index is -0.953. The predicted molar refractivity (Wildman–Crippen MR) is 60.4 cm³/mol. The Morgan fingerprint density at radius 3 is 2.81 bits per heavy atom. The third-order valence-corrected chi connectivity index (χ3v) is 3.16. The molecule has 1 N–H and O–H groups in total. The molecule has 0 aromatic heterocycles. The molecule has 0 spiro atoms. The molecule has 90 valence electrons. The van der Waals surface area contributed by atoms with Gasteiger partial charge in [-0.25, -0.2) is 0 Å². The Kier molecular flexibility index (Phi) is 4.31. The fourth-order valence-electron chi connectivity index (χ4n) is 2.12. The summed E-state index contributed by atoms with van der Waals surface area (Å²) < 4.78 is 0. The zero-order valence-corrected chi connectivity index (χ0v) is 10.1. The number of aliphatic hydroxyl groups excluding tert-OH is 1. The summed E-state index contributed by atoms with van der Waals surface area (Å²) >= 11 is 0. The third kappa shape index (κ3) is 2.73. The number of nitriles is 1. The number of rotatable bonds is 3. The summed E-state index contributed by atoms with van der Waals surface area (Å²) in [5, 5.41) is 17.9. The standard InChI is InChI=1S/C12H20N2O2/c1-12(2,9-13)11(16)14-7-4-3-5-10(14)6-8-15/h10,15H,3-8H2,1-2H3. The van der Waals surface area contributed by atoms with Crippen molar-refractivity contribution in [1.29, 1.82) is 5.26 Å². The Balaban J connectivity index is 2.76. The highest BCUT2D eigenvalue weighted by Crippen LogP contribution is 2.26. The van der Waals surface area contributed by atoms with Crippen LogP contribution in [-0.2, 0) is 4.79 Å². The highest BCUT2D eigenvalue weighted by Gasteiger charge is 2.36. The van der Waals surface area contributed by atoms with Crippen LogP contribution in [0.1, 0.15) is 39.5 Å². The first kappa shape index (κ1) is 13.0. The van der Waals surface area contributed by atoms with Crippen LogP contribution in [-0.4, -0.2) is 35.1 Å². The van der Waals surface area contributed by atoms with E-state index in [1.54, 1.807) is 18.7 Å². The fraction of sp³-hybridized carbons (Fsp3) is 0.833. The minimum Gasteiger partial charge on any atom is -0.396 e. The highest BCUT2D eigenvalue weighted by molar-refractivity contribution is 5.85. The van der Waals surface area contributed by atoms with Crippen LogP contribution in [0.4, 0.5) is 0 Å². The Morgan fingerprint density at radius 1 is 1.56 bits per heavy atom. The number of hydrogen-bond acceptors (Lipinski definition) is 3. The van der Waals surface area contributed by atoms with Crippen LogP contribution in [0.5, 0.6) is 0 Å². The summed E-state index contributed by atoms with van der Waals surface area (Å²) in [4.78, 5) is 13.9. The largest absolute Gasteiger partial charge is 0.396 e. The molecule has 1 unspecified atom stereocenters. The first-order valence-corrected chi connectivity index (χ1v) is 5.86. The van der Waals surface area contributed by atoms with Crippen LogP contribution in [0.2, 0.25) is 0 Å². The van der Waals surface area contributed by atoms with Crippen molar-refractivity contribution in [2.45, 2.75) is 45.6 Å². The van der Waals surface area contributed by atoms with Gasteiger partial charge in [0.25, 0.3) is 0 Å². The molecular weight excluding hydrogens is 204 g/mol. The molecule has 1 heterocycles. The van der Waals surface area contributed by atoms with Gasteiger partial charge in [-0.1, -0.05) is 0 Å². The lowest BCUT2D eigenvalue weighted by molar-refractivity contribution is -0.141. The number of nitrogens with zero attached hydrogens (tertiary/aromatic N) is 2. The summed E-state index contributed by atoms with van der Waals surface area (Å²) in [6.07, 6.45) is 3.65. The highest BCUT2D eigenvalue weighted by atomic mass is 16.3. The van der Waals surface area contributed by atoms with E-state index in [1.807, 2.05) is 6.07 Å². The van der Waals surface area contributed by atoms with Crippen molar-refractivity contribution in [3.8, 4) is 6.07 Å². The van der Waals surface area contributed by atoms with Crippen LogP contribution < -0.4 is 0 Å². The quantitative estimate of drug-likeness (QED) is 0.785. The number of carbonyl (C=O) groups is 1. The van der Waals surface area contributed by atoms with E-state index >= 15 is 0 Å². The van der Waals surface area contributed by atoms with Gasteiger partial charge in [0.05, 0.1) is 6.07 Å². The van der Waals surface area contributed by atoms with E-state index in [0.29, 0.717) is 13.0 Å². The van der Waals surface area contributed by atoms with E-state index < -0.39 is 5.41 Å². The smallest absolute Gasteiger partial charge is 0.242 e. The van der Waals surface area contributed by atoms with E-state index in [-0.39, 0.29) is 18.6 Å². The molecule has 1 amide bonds. The summed E-state index contributed by atoms with van der Waals surface area (Å²) in [7, 11) is 0. The summed E-state index contributed by atoms with van der Waals surface area (Å²) in [6, 6.07) is 2.16. The van der Waals surface area contributed by atoms with Crippen LogP contribution >= 0.6 is 0 Å². The average Bonchev–Trinajstić information content (AvgIpc) is 2.29. The van der Waals surface area contributed by atoms with Gasteiger partial charge in [0.1, 0.15) is 5.41 Å². The monoisotopic (exact) mass is 224 g/mol. The lowest BCUT2D eigenvalue weighted by Crippen LogP contribution is -2.49.